The second-order valence-corrected chi connectivity index (χ2v) is 4.66. The van der Waals surface area contributed by atoms with E-state index in [-0.39, 0.29) is 0 Å². The molecule has 2 rings (SSSR count). The van der Waals surface area contributed by atoms with Crippen LogP contribution in [0.2, 0.25) is 0 Å². The lowest BCUT2D eigenvalue weighted by Gasteiger charge is -2.21. The Kier molecular flexibility index (Phi) is 2.99. The second kappa shape index (κ2) is 4.26. The third kappa shape index (κ3) is 2.17. The van der Waals surface area contributed by atoms with Crippen LogP contribution in [0.4, 0.5) is 0 Å². The van der Waals surface area contributed by atoms with Gasteiger partial charge in [0.25, 0.3) is 0 Å². The average Bonchev–Trinajstić information content (AvgIpc) is 2.22. The Morgan fingerprint density at radius 2 is 2.13 bits per heavy atom. The van der Waals surface area contributed by atoms with Crippen LogP contribution in [0.1, 0.15) is 37.0 Å². The third-order valence-electron chi connectivity index (χ3n) is 3.04. The highest BCUT2D eigenvalue weighted by atomic mass is 16.5. The molecule has 0 aromatic heterocycles. The molecule has 0 unspecified atom stereocenters. The fourth-order valence-corrected chi connectivity index (χ4v) is 2.23. The quantitative estimate of drug-likeness (QED) is 0.715. The lowest BCUT2D eigenvalue weighted by molar-refractivity contribution is 0.287. The van der Waals surface area contributed by atoms with Crippen molar-refractivity contribution in [2.75, 3.05) is 6.61 Å². The molecule has 0 saturated carbocycles. The largest absolute Gasteiger partial charge is 0.493 e. The predicted molar refractivity (Wildman–Crippen MR) is 63.3 cm³/mol. The predicted octanol–water partition coefficient (Wildman–Crippen LogP) is 3.48. The number of ether oxygens (including phenoxy) is 1. The molecular formula is C14H19O. The molecule has 0 spiro atoms. The van der Waals surface area contributed by atoms with Crippen LogP contribution in [0.5, 0.6) is 5.75 Å². The van der Waals surface area contributed by atoms with E-state index in [2.05, 4.69) is 32.9 Å². The van der Waals surface area contributed by atoms with Crippen LogP contribution < -0.4 is 4.74 Å². The molecular weight excluding hydrogens is 184 g/mol. The van der Waals surface area contributed by atoms with E-state index in [0.29, 0.717) is 0 Å². The summed E-state index contributed by atoms with van der Waals surface area (Å²) in [6.07, 6.45) is 3.43. The molecule has 0 bridgehead atoms. The molecule has 1 aromatic carbocycles. The monoisotopic (exact) mass is 203 g/mol. The SMILES string of the molecule is C[C](C)Cc1ccc2c(c1C)CCCO2. The highest BCUT2D eigenvalue weighted by Crippen LogP contribution is 2.30. The lowest BCUT2D eigenvalue weighted by atomic mass is 9.92. The number of hydrogen-bond donors (Lipinski definition) is 0. The zero-order valence-corrected chi connectivity index (χ0v) is 9.89. The van der Waals surface area contributed by atoms with Gasteiger partial charge in [0.1, 0.15) is 5.75 Å². The number of benzene rings is 1. The molecule has 81 valence electrons. The molecule has 0 saturated heterocycles. The van der Waals surface area contributed by atoms with E-state index in [4.69, 9.17) is 4.74 Å². The van der Waals surface area contributed by atoms with Gasteiger partial charge in [-0.15, -0.1) is 0 Å². The smallest absolute Gasteiger partial charge is 0.122 e. The molecule has 0 N–H and O–H groups in total. The average molecular weight is 203 g/mol. The maximum Gasteiger partial charge on any atom is 0.122 e. The molecule has 1 heteroatoms. The molecule has 1 nitrogen and oxygen atoms in total. The van der Waals surface area contributed by atoms with Gasteiger partial charge < -0.3 is 4.74 Å². The standard InChI is InChI=1S/C14H19O/c1-10(2)9-12-6-7-14-13(11(12)3)5-4-8-15-14/h6-7H,4-5,8-9H2,1-3H3. The summed E-state index contributed by atoms with van der Waals surface area (Å²) >= 11 is 0. The maximum absolute atomic E-state index is 5.66. The van der Waals surface area contributed by atoms with Crippen molar-refractivity contribution in [3.63, 3.8) is 0 Å². The summed E-state index contributed by atoms with van der Waals surface area (Å²) in [4.78, 5) is 0. The summed E-state index contributed by atoms with van der Waals surface area (Å²) in [6, 6.07) is 4.35. The fourth-order valence-electron chi connectivity index (χ4n) is 2.23. The van der Waals surface area contributed by atoms with Gasteiger partial charge in [0.2, 0.25) is 0 Å². The van der Waals surface area contributed by atoms with Crippen LogP contribution in [-0.2, 0) is 12.8 Å². The minimum Gasteiger partial charge on any atom is -0.493 e. The molecule has 1 radical (unpaired) electrons. The Balaban J connectivity index is 2.34. The van der Waals surface area contributed by atoms with E-state index >= 15 is 0 Å². The molecule has 1 aromatic rings. The first-order valence-corrected chi connectivity index (χ1v) is 5.71. The molecule has 1 heterocycles. The van der Waals surface area contributed by atoms with Gasteiger partial charge in [-0.3, -0.25) is 0 Å². The van der Waals surface area contributed by atoms with Crippen molar-refractivity contribution in [1.82, 2.24) is 0 Å². The van der Waals surface area contributed by atoms with Crippen molar-refractivity contribution in [2.45, 2.75) is 40.0 Å². The number of rotatable bonds is 2. The maximum atomic E-state index is 5.66. The van der Waals surface area contributed by atoms with E-state index in [1.807, 2.05) is 0 Å². The molecule has 1 aliphatic rings. The van der Waals surface area contributed by atoms with Gasteiger partial charge in [0, 0.05) is 0 Å². The molecule has 0 aliphatic carbocycles. The van der Waals surface area contributed by atoms with Gasteiger partial charge in [-0.1, -0.05) is 19.9 Å². The second-order valence-electron chi connectivity index (χ2n) is 4.66. The van der Waals surface area contributed by atoms with Crippen LogP contribution in [0, 0.1) is 12.8 Å². The van der Waals surface area contributed by atoms with Crippen LogP contribution in [0.25, 0.3) is 0 Å². The van der Waals surface area contributed by atoms with E-state index in [1.165, 1.54) is 29.0 Å². The lowest BCUT2D eigenvalue weighted by Crippen LogP contribution is -2.11. The molecule has 1 aliphatic heterocycles. The fraction of sp³-hybridized carbons (Fsp3) is 0.500. The highest BCUT2D eigenvalue weighted by molar-refractivity contribution is 5.46. The van der Waals surface area contributed by atoms with Gasteiger partial charge in [-0.2, -0.15) is 0 Å². The zero-order valence-electron chi connectivity index (χ0n) is 9.89. The first kappa shape index (κ1) is 10.5. The van der Waals surface area contributed by atoms with Crippen molar-refractivity contribution >= 4 is 0 Å². The summed E-state index contributed by atoms with van der Waals surface area (Å²) < 4.78 is 5.66. The summed E-state index contributed by atoms with van der Waals surface area (Å²) in [5.41, 5.74) is 4.33. The Morgan fingerprint density at radius 1 is 1.33 bits per heavy atom. The van der Waals surface area contributed by atoms with Gasteiger partial charge in [-0.25, -0.2) is 0 Å². The molecule has 0 fully saturated rings. The third-order valence-corrected chi connectivity index (χ3v) is 3.04. The summed E-state index contributed by atoms with van der Waals surface area (Å²) in [7, 11) is 0. The van der Waals surface area contributed by atoms with Gasteiger partial charge in [0.05, 0.1) is 6.61 Å². The van der Waals surface area contributed by atoms with Crippen LogP contribution in [0.3, 0.4) is 0 Å². The molecule has 0 amide bonds. The molecule has 15 heavy (non-hydrogen) atoms. The minimum atomic E-state index is 0.880. The van der Waals surface area contributed by atoms with Crippen molar-refractivity contribution in [2.24, 2.45) is 0 Å². The van der Waals surface area contributed by atoms with E-state index in [1.54, 1.807) is 0 Å². The van der Waals surface area contributed by atoms with Crippen molar-refractivity contribution in [3.05, 3.63) is 34.7 Å². The van der Waals surface area contributed by atoms with E-state index in [9.17, 15) is 0 Å². The van der Waals surface area contributed by atoms with Crippen molar-refractivity contribution in [1.29, 1.82) is 0 Å². The van der Waals surface area contributed by atoms with E-state index < -0.39 is 0 Å². The Hall–Kier alpha value is -0.980. The Morgan fingerprint density at radius 3 is 2.87 bits per heavy atom. The Bertz CT molecular complexity index is 353. The minimum absolute atomic E-state index is 0.880. The molecule has 0 atom stereocenters. The first-order valence-electron chi connectivity index (χ1n) is 5.71. The zero-order chi connectivity index (χ0) is 10.8. The number of fused-ring (bicyclic) bond motifs is 1. The number of hydrogen-bond acceptors (Lipinski definition) is 1. The van der Waals surface area contributed by atoms with Gasteiger partial charge >= 0.3 is 0 Å². The van der Waals surface area contributed by atoms with Crippen LogP contribution in [0.15, 0.2) is 12.1 Å². The normalized spacial score (nSPS) is 14.9. The summed E-state index contributed by atoms with van der Waals surface area (Å²) in [6.45, 7) is 7.49. The van der Waals surface area contributed by atoms with Crippen molar-refractivity contribution in [3.8, 4) is 5.75 Å². The van der Waals surface area contributed by atoms with Gasteiger partial charge in [-0.05, 0) is 54.9 Å². The summed E-state index contributed by atoms with van der Waals surface area (Å²) in [5, 5.41) is 0. The van der Waals surface area contributed by atoms with E-state index in [0.717, 1.165) is 25.2 Å². The summed E-state index contributed by atoms with van der Waals surface area (Å²) in [5.74, 6) is 2.58. The highest BCUT2D eigenvalue weighted by Gasteiger charge is 2.15. The Labute approximate surface area is 92.5 Å². The van der Waals surface area contributed by atoms with Crippen molar-refractivity contribution < 1.29 is 4.74 Å². The first-order chi connectivity index (χ1) is 7.18. The van der Waals surface area contributed by atoms with Crippen LogP contribution >= 0.6 is 0 Å². The topological polar surface area (TPSA) is 9.23 Å². The van der Waals surface area contributed by atoms with Gasteiger partial charge in [0.15, 0.2) is 0 Å². The van der Waals surface area contributed by atoms with Crippen LogP contribution in [-0.4, -0.2) is 6.61 Å².